The standard InChI is InChI=1S/C21H20ClNO3S.C14H12BrClO/c1-26-21-11-8-16(13-20(21)17-4-3-5-18(22)14-17)12-15-6-9-19(10-7-15)23-27(2,24)25;1-17-14-6-5-10(9-15)7-13(14)11-3-2-4-12(16)8-11/h3-11,13-14,23H,12H2,1-2H3;2-8H,9H2,1H3. The molecule has 5 aromatic carbocycles. The number of hydrogen-bond donors (Lipinski definition) is 1. The number of nitrogens with one attached hydrogen (secondary N) is 1. The fraction of sp³-hybridized carbons (Fsp3) is 0.143. The van der Waals surface area contributed by atoms with E-state index in [1.807, 2.05) is 84.9 Å². The normalized spacial score (nSPS) is 10.9. The van der Waals surface area contributed by atoms with Crippen LogP contribution >= 0.6 is 39.1 Å². The number of ether oxygens (including phenoxy) is 2. The third-order valence-electron chi connectivity index (χ3n) is 6.62. The Balaban J connectivity index is 0.000000223. The lowest BCUT2D eigenvalue weighted by atomic mass is 9.98. The van der Waals surface area contributed by atoms with Gasteiger partial charge in [-0.2, -0.15) is 0 Å². The summed E-state index contributed by atoms with van der Waals surface area (Å²) in [5, 5.41) is 2.23. The quantitative estimate of drug-likeness (QED) is 0.155. The molecule has 5 rings (SSSR count). The molecule has 5 nitrogen and oxygen atoms in total. The summed E-state index contributed by atoms with van der Waals surface area (Å²) in [7, 11) is 0.0560. The van der Waals surface area contributed by atoms with Crippen molar-refractivity contribution in [2.24, 2.45) is 0 Å². The molecule has 0 amide bonds. The van der Waals surface area contributed by atoms with Gasteiger partial charge in [0.1, 0.15) is 11.5 Å². The second-order valence-corrected chi connectivity index (χ2v) is 13.2. The lowest BCUT2D eigenvalue weighted by Gasteiger charge is -2.12. The number of anilines is 1. The van der Waals surface area contributed by atoms with Crippen molar-refractivity contribution in [2.45, 2.75) is 11.8 Å². The van der Waals surface area contributed by atoms with Gasteiger partial charge in [0, 0.05) is 32.2 Å². The van der Waals surface area contributed by atoms with Crippen molar-refractivity contribution in [1.29, 1.82) is 0 Å². The third kappa shape index (κ3) is 9.50. The van der Waals surface area contributed by atoms with Gasteiger partial charge in [0.25, 0.3) is 0 Å². The topological polar surface area (TPSA) is 64.6 Å². The van der Waals surface area contributed by atoms with Gasteiger partial charge >= 0.3 is 0 Å². The predicted octanol–water partition coefficient (Wildman–Crippen LogP) is 9.89. The van der Waals surface area contributed by atoms with Crippen molar-refractivity contribution in [2.75, 3.05) is 25.2 Å². The van der Waals surface area contributed by atoms with Gasteiger partial charge in [-0.25, -0.2) is 8.42 Å². The molecular formula is C35H32BrCl2NO4S. The highest BCUT2D eigenvalue weighted by atomic mass is 79.9. The van der Waals surface area contributed by atoms with E-state index in [0.29, 0.717) is 10.7 Å². The molecule has 0 spiro atoms. The molecule has 0 bridgehead atoms. The van der Waals surface area contributed by atoms with Gasteiger partial charge < -0.3 is 9.47 Å². The van der Waals surface area contributed by atoms with Crippen LogP contribution in [-0.2, 0) is 21.8 Å². The molecule has 0 heterocycles. The highest BCUT2D eigenvalue weighted by molar-refractivity contribution is 9.08. The van der Waals surface area contributed by atoms with Crippen LogP contribution in [0.5, 0.6) is 11.5 Å². The summed E-state index contributed by atoms with van der Waals surface area (Å²) in [6, 6.07) is 35.0. The van der Waals surface area contributed by atoms with Crippen LogP contribution < -0.4 is 14.2 Å². The van der Waals surface area contributed by atoms with Gasteiger partial charge in [0.15, 0.2) is 0 Å². The van der Waals surface area contributed by atoms with E-state index in [4.69, 9.17) is 32.7 Å². The van der Waals surface area contributed by atoms with Crippen molar-refractivity contribution in [3.8, 4) is 33.8 Å². The van der Waals surface area contributed by atoms with E-state index in [1.54, 1.807) is 26.4 Å². The molecule has 0 aliphatic carbocycles. The fourth-order valence-corrected chi connectivity index (χ4v) is 5.90. The summed E-state index contributed by atoms with van der Waals surface area (Å²) >= 11 is 15.6. The number of sulfonamides is 1. The van der Waals surface area contributed by atoms with Crippen molar-refractivity contribution < 1.29 is 17.9 Å². The van der Waals surface area contributed by atoms with Crippen LogP contribution in [0.4, 0.5) is 5.69 Å². The zero-order valence-electron chi connectivity index (χ0n) is 24.5. The number of halogens is 3. The van der Waals surface area contributed by atoms with Crippen LogP contribution in [0.15, 0.2) is 109 Å². The van der Waals surface area contributed by atoms with Crippen molar-refractivity contribution in [3.63, 3.8) is 0 Å². The predicted molar refractivity (Wildman–Crippen MR) is 187 cm³/mol. The molecule has 0 saturated heterocycles. The van der Waals surface area contributed by atoms with E-state index >= 15 is 0 Å². The molecule has 5 aromatic rings. The highest BCUT2D eigenvalue weighted by Gasteiger charge is 2.10. The molecule has 1 N–H and O–H groups in total. The van der Waals surface area contributed by atoms with Gasteiger partial charge in [-0.3, -0.25) is 4.72 Å². The maximum absolute atomic E-state index is 11.3. The summed E-state index contributed by atoms with van der Waals surface area (Å²) < 4.78 is 35.9. The summed E-state index contributed by atoms with van der Waals surface area (Å²) in [4.78, 5) is 0. The Morgan fingerprint density at radius 2 is 1.14 bits per heavy atom. The van der Waals surface area contributed by atoms with E-state index in [-0.39, 0.29) is 0 Å². The third-order valence-corrected chi connectivity index (χ3v) is 8.34. The fourth-order valence-electron chi connectivity index (χ4n) is 4.61. The molecule has 0 saturated carbocycles. The lowest BCUT2D eigenvalue weighted by molar-refractivity contribution is 0.416. The molecule has 9 heteroatoms. The van der Waals surface area contributed by atoms with E-state index in [0.717, 1.165) is 67.9 Å². The summed E-state index contributed by atoms with van der Waals surface area (Å²) in [6.07, 6.45) is 1.85. The minimum Gasteiger partial charge on any atom is -0.496 e. The van der Waals surface area contributed by atoms with E-state index in [2.05, 4.69) is 32.8 Å². The molecule has 44 heavy (non-hydrogen) atoms. The van der Waals surface area contributed by atoms with Gasteiger partial charge in [-0.15, -0.1) is 0 Å². The van der Waals surface area contributed by atoms with Gasteiger partial charge in [0.05, 0.1) is 20.5 Å². The highest BCUT2D eigenvalue weighted by Crippen LogP contribution is 2.34. The molecule has 0 aliphatic rings. The zero-order chi connectivity index (χ0) is 31.7. The van der Waals surface area contributed by atoms with Crippen molar-refractivity contribution >= 4 is 54.8 Å². The first-order valence-corrected chi connectivity index (χ1v) is 17.3. The molecular weight excluding hydrogens is 681 g/mol. The van der Waals surface area contributed by atoms with Crippen LogP contribution in [-0.4, -0.2) is 28.9 Å². The Labute approximate surface area is 278 Å². The second kappa shape index (κ2) is 15.5. The average Bonchev–Trinajstić information content (AvgIpc) is 3.01. The zero-order valence-corrected chi connectivity index (χ0v) is 28.4. The Bertz CT molecular complexity index is 1830. The van der Waals surface area contributed by atoms with Gasteiger partial charge in [-0.1, -0.05) is 87.7 Å². The van der Waals surface area contributed by atoms with Crippen molar-refractivity contribution in [3.05, 3.63) is 136 Å². The Kier molecular flexibility index (Phi) is 11.8. The maximum atomic E-state index is 11.3. The Morgan fingerprint density at radius 1 is 0.659 bits per heavy atom. The minimum absolute atomic E-state index is 0.551. The molecule has 0 aliphatic heterocycles. The van der Waals surface area contributed by atoms with E-state index in [9.17, 15) is 8.42 Å². The van der Waals surface area contributed by atoms with Crippen LogP contribution in [0.2, 0.25) is 10.0 Å². The van der Waals surface area contributed by atoms with Crippen LogP contribution in [0, 0.1) is 0 Å². The van der Waals surface area contributed by atoms with Crippen LogP contribution in [0.3, 0.4) is 0 Å². The van der Waals surface area contributed by atoms with E-state index in [1.165, 1.54) is 5.56 Å². The SMILES string of the molecule is COc1ccc(CBr)cc1-c1cccc(Cl)c1.COc1ccc(Cc2ccc(NS(C)(=O)=O)cc2)cc1-c1cccc(Cl)c1. The first-order chi connectivity index (χ1) is 21.1. The number of rotatable bonds is 9. The number of alkyl halides is 1. The smallest absolute Gasteiger partial charge is 0.229 e. The molecule has 228 valence electrons. The largest absolute Gasteiger partial charge is 0.496 e. The molecule has 0 atom stereocenters. The summed E-state index contributed by atoms with van der Waals surface area (Å²) in [6.45, 7) is 0. The second-order valence-electron chi connectivity index (χ2n) is 9.97. The molecule has 0 fully saturated rings. The number of methoxy groups -OCH3 is 2. The summed E-state index contributed by atoms with van der Waals surface area (Å²) in [5.74, 6) is 1.64. The van der Waals surface area contributed by atoms with Crippen molar-refractivity contribution in [1.82, 2.24) is 0 Å². The van der Waals surface area contributed by atoms with E-state index < -0.39 is 10.0 Å². The first kappa shape index (κ1) is 33.4. The molecule has 0 radical (unpaired) electrons. The number of hydrogen-bond acceptors (Lipinski definition) is 4. The lowest BCUT2D eigenvalue weighted by Crippen LogP contribution is -2.09. The summed E-state index contributed by atoms with van der Waals surface area (Å²) in [5.41, 5.74) is 8.06. The minimum atomic E-state index is -3.27. The maximum Gasteiger partial charge on any atom is 0.229 e. The first-order valence-electron chi connectivity index (χ1n) is 13.6. The molecule has 0 aromatic heterocycles. The van der Waals surface area contributed by atoms with Crippen LogP contribution in [0.25, 0.3) is 22.3 Å². The Morgan fingerprint density at radius 3 is 1.59 bits per heavy atom. The average molecular weight is 714 g/mol. The number of benzene rings is 5. The Hall–Kier alpha value is -3.49. The van der Waals surface area contributed by atoms with Gasteiger partial charge in [-0.05, 0) is 94.9 Å². The monoisotopic (exact) mass is 711 g/mol. The molecule has 0 unspecified atom stereocenters. The van der Waals surface area contributed by atoms with Crippen LogP contribution in [0.1, 0.15) is 16.7 Å². The van der Waals surface area contributed by atoms with Gasteiger partial charge in [0.2, 0.25) is 10.0 Å².